The van der Waals surface area contributed by atoms with Gasteiger partial charge < -0.3 is 5.32 Å². The van der Waals surface area contributed by atoms with Crippen LogP contribution in [0, 0.1) is 5.92 Å². The third-order valence-electron chi connectivity index (χ3n) is 4.51. The van der Waals surface area contributed by atoms with E-state index in [1.54, 1.807) is 18.2 Å². The lowest BCUT2D eigenvalue weighted by Crippen LogP contribution is -2.41. The Morgan fingerprint density at radius 2 is 1.75 bits per heavy atom. The quantitative estimate of drug-likeness (QED) is 0.736. The number of anilines is 1. The van der Waals surface area contributed by atoms with Crippen LogP contribution in [0.3, 0.4) is 0 Å². The number of piperidine rings is 1. The number of rotatable bonds is 5. The number of nitrogens with zero attached hydrogens (tertiary/aromatic N) is 1. The van der Waals surface area contributed by atoms with E-state index in [0.717, 1.165) is 17.6 Å². The molecule has 152 valence electrons. The van der Waals surface area contributed by atoms with Gasteiger partial charge in [0.15, 0.2) is 9.84 Å². The summed E-state index contributed by atoms with van der Waals surface area (Å²) >= 11 is 6.83. The van der Waals surface area contributed by atoms with Crippen molar-refractivity contribution in [1.82, 2.24) is 4.31 Å². The maximum atomic E-state index is 12.6. The summed E-state index contributed by atoms with van der Waals surface area (Å²) in [4.78, 5) is 12.6. The Hall–Kier alpha value is -1.46. The van der Waals surface area contributed by atoms with Gasteiger partial charge in [0.2, 0.25) is 5.91 Å². The Morgan fingerprint density at radius 1 is 1.11 bits per heavy atom. The molecule has 1 amide bonds. The molecule has 1 fully saturated rings. The number of hydrogen-bond donors (Lipinski definition) is 1. The molecule has 0 radical (unpaired) electrons. The van der Waals surface area contributed by atoms with Crippen molar-refractivity contribution in [2.24, 2.45) is 5.92 Å². The molecule has 1 aliphatic rings. The zero-order valence-corrected chi connectivity index (χ0v) is 18.2. The van der Waals surface area contributed by atoms with E-state index in [9.17, 15) is 21.6 Å². The number of sulfone groups is 1. The van der Waals surface area contributed by atoms with Crippen LogP contribution in [0.5, 0.6) is 0 Å². The number of sulfonamides is 1. The molecule has 2 heterocycles. The predicted octanol–water partition coefficient (Wildman–Crippen LogP) is 2.84. The summed E-state index contributed by atoms with van der Waals surface area (Å²) < 4.78 is 50.9. The van der Waals surface area contributed by atoms with Crippen LogP contribution >= 0.6 is 22.9 Å². The minimum atomic E-state index is -3.62. The van der Waals surface area contributed by atoms with Crippen molar-refractivity contribution in [3.05, 3.63) is 40.7 Å². The Morgan fingerprint density at radius 3 is 2.32 bits per heavy atom. The first kappa shape index (κ1) is 21.3. The van der Waals surface area contributed by atoms with Crippen molar-refractivity contribution < 1.29 is 21.6 Å². The summed E-state index contributed by atoms with van der Waals surface area (Å²) in [7, 11) is -7.10. The van der Waals surface area contributed by atoms with Gasteiger partial charge in [0.25, 0.3) is 10.0 Å². The third-order valence-corrected chi connectivity index (χ3v) is 9.26. The van der Waals surface area contributed by atoms with Gasteiger partial charge in [-0.05, 0) is 37.1 Å². The molecule has 28 heavy (non-hydrogen) atoms. The number of benzene rings is 1. The highest BCUT2D eigenvalue weighted by Gasteiger charge is 2.33. The lowest BCUT2D eigenvalue weighted by molar-refractivity contribution is -0.120. The summed E-state index contributed by atoms with van der Waals surface area (Å²) in [6.07, 6.45) is 1.79. The van der Waals surface area contributed by atoms with Crippen molar-refractivity contribution >= 4 is 54.4 Å². The highest BCUT2D eigenvalue weighted by molar-refractivity contribution is 7.91. The standard InChI is InChI=1S/C17H19ClN2O5S3/c1-27(22,23)14-5-3-2-4-13(14)19-17(21)12-8-10-20(11-9-12)28(24,25)16-7-6-15(18)26-16/h2-7,12H,8-11H2,1H3,(H,19,21). The van der Waals surface area contributed by atoms with Crippen molar-refractivity contribution in [3.8, 4) is 0 Å². The minimum absolute atomic E-state index is 0.0536. The van der Waals surface area contributed by atoms with Crippen molar-refractivity contribution in [2.75, 3.05) is 24.7 Å². The molecule has 3 rings (SSSR count). The van der Waals surface area contributed by atoms with E-state index in [0.29, 0.717) is 17.2 Å². The number of carbonyl (C=O) groups is 1. The van der Waals surface area contributed by atoms with Crippen LogP contribution in [0.4, 0.5) is 5.69 Å². The van der Waals surface area contributed by atoms with Gasteiger partial charge in [-0.25, -0.2) is 16.8 Å². The molecule has 0 spiro atoms. The summed E-state index contributed by atoms with van der Waals surface area (Å²) in [6.45, 7) is 0.424. The van der Waals surface area contributed by atoms with Gasteiger partial charge in [-0.15, -0.1) is 11.3 Å². The smallest absolute Gasteiger partial charge is 0.252 e. The second kappa shape index (κ2) is 8.11. The third kappa shape index (κ3) is 4.57. The number of hydrogen-bond acceptors (Lipinski definition) is 6. The largest absolute Gasteiger partial charge is 0.325 e. The average molecular weight is 463 g/mol. The first-order chi connectivity index (χ1) is 13.1. The SMILES string of the molecule is CS(=O)(=O)c1ccccc1NC(=O)C1CCN(S(=O)(=O)c2ccc(Cl)s2)CC1. The number of carbonyl (C=O) groups excluding carboxylic acids is 1. The van der Waals surface area contributed by atoms with Crippen LogP contribution in [-0.2, 0) is 24.7 Å². The Bertz CT molecular complexity index is 1090. The monoisotopic (exact) mass is 462 g/mol. The molecule has 1 aromatic carbocycles. The second-order valence-corrected chi connectivity index (χ2v) is 12.4. The lowest BCUT2D eigenvalue weighted by Gasteiger charge is -2.30. The van der Waals surface area contributed by atoms with E-state index in [4.69, 9.17) is 11.6 Å². The fraction of sp³-hybridized carbons (Fsp3) is 0.353. The van der Waals surface area contributed by atoms with Crippen molar-refractivity contribution in [3.63, 3.8) is 0 Å². The molecule has 1 aliphatic heterocycles. The number of nitrogens with one attached hydrogen (secondary N) is 1. The Kier molecular flexibility index (Phi) is 6.16. The summed E-state index contributed by atoms with van der Waals surface area (Å²) in [5.74, 6) is -0.710. The molecule has 0 aliphatic carbocycles. The molecule has 1 saturated heterocycles. The topological polar surface area (TPSA) is 101 Å². The number of para-hydroxylation sites is 1. The summed E-state index contributed by atoms with van der Waals surface area (Å²) in [5, 5.41) is 2.67. The normalized spacial score (nSPS) is 16.8. The van der Waals surface area contributed by atoms with E-state index in [-0.39, 0.29) is 33.8 Å². The van der Waals surface area contributed by atoms with Crippen LogP contribution in [0.15, 0.2) is 45.5 Å². The minimum Gasteiger partial charge on any atom is -0.325 e. The fourth-order valence-electron chi connectivity index (χ4n) is 3.05. The van der Waals surface area contributed by atoms with Gasteiger partial charge in [-0.3, -0.25) is 4.79 Å². The average Bonchev–Trinajstić information content (AvgIpc) is 3.08. The maximum absolute atomic E-state index is 12.6. The highest BCUT2D eigenvalue weighted by Crippen LogP contribution is 2.31. The van der Waals surface area contributed by atoms with E-state index in [1.807, 2.05) is 0 Å². The molecule has 11 heteroatoms. The van der Waals surface area contributed by atoms with E-state index < -0.39 is 25.8 Å². The lowest BCUT2D eigenvalue weighted by atomic mass is 9.97. The van der Waals surface area contributed by atoms with Crippen LogP contribution < -0.4 is 5.32 Å². The van der Waals surface area contributed by atoms with Gasteiger partial charge in [-0.2, -0.15) is 4.31 Å². The van der Waals surface area contributed by atoms with E-state index in [1.165, 1.54) is 22.5 Å². The highest BCUT2D eigenvalue weighted by atomic mass is 35.5. The number of thiophene rings is 1. The molecule has 2 aromatic rings. The zero-order valence-electron chi connectivity index (χ0n) is 15.0. The molecule has 7 nitrogen and oxygen atoms in total. The van der Waals surface area contributed by atoms with Crippen molar-refractivity contribution in [1.29, 1.82) is 0 Å². The van der Waals surface area contributed by atoms with E-state index in [2.05, 4.69) is 5.32 Å². The molecule has 0 saturated carbocycles. The summed E-state index contributed by atoms with van der Waals surface area (Å²) in [6, 6.07) is 9.22. The number of amides is 1. The van der Waals surface area contributed by atoms with Crippen LogP contribution in [0.25, 0.3) is 0 Å². The molecular weight excluding hydrogens is 444 g/mol. The van der Waals surface area contributed by atoms with Crippen molar-refractivity contribution in [2.45, 2.75) is 21.9 Å². The predicted molar refractivity (Wildman–Crippen MR) is 109 cm³/mol. The first-order valence-electron chi connectivity index (χ1n) is 8.44. The van der Waals surface area contributed by atoms with Crippen LogP contribution in [-0.4, -0.2) is 46.4 Å². The zero-order chi connectivity index (χ0) is 20.5. The van der Waals surface area contributed by atoms with Gasteiger partial charge in [0.1, 0.15) is 4.21 Å². The van der Waals surface area contributed by atoms with Gasteiger partial charge >= 0.3 is 0 Å². The van der Waals surface area contributed by atoms with Gasteiger partial charge in [0, 0.05) is 25.3 Å². The second-order valence-electron chi connectivity index (χ2n) is 6.49. The molecule has 1 aromatic heterocycles. The summed E-state index contributed by atoms with van der Waals surface area (Å²) in [5.41, 5.74) is 0.235. The van der Waals surface area contributed by atoms with Crippen LogP contribution in [0.1, 0.15) is 12.8 Å². The van der Waals surface area contributed by atoms with Crippen LogP contribution in [0.2, 0.25) is 4.34 Å². The number of halogens is 1. The Balaban J connectivity index is 1.67. The molecule has 0 atom stereocenters. The van der Waals surface area contributed by atoms with E-state index >= 15 is 0 Å². The fourth-order valence-corrected chi connectivity index (χ4v) is 7.00. The van der Waals surface area contributed by atoms with Gasteiger partial charge in [0.05, 0.1) is 14.9 Å². The van der Waals surface area contributed by atoms with Gasteiger partial charge in [-0.1, -0.05) is 23.7 Å². The first-order valence-corrected chi connectivity index (χ1v) is 13.0. The molecule has 0 bridgehead atoms. The maximum Gasteiger partial charge on any atom is 0.252 e. The molecule has 0 unspecified atom stereocenters. The Labute approximate surface area is 173 Å². The molecular formula is C17H19ClN2O5S3. The molecule has 1 N–H and O–H groups in total.